The second kappa shape index (κ2) is 4.86. The van der Waals surface area contributed by atoms with Crippen molar-refractivity contribution in [3.63, 3.8) is 0 Å². The van der Waals surface area contributed by atoms with Gasteiger partial charge in [-0.15, -0.1) is 0 Å². The van der Waals surface area contributed by atoms with Crippen LogP contribution in [0.3, 0.4) is 0 Å². The summed E-state index contributed by atoms with van der Waals surface area (Å²) in [5.74, 6) is 0.111. The lowest BCUT2D eigenvalue weighted by molar-refractivity contribution is 0.631. The summed E-state index contributed by atoms with van der Waals surface area (Å²) in [6.07, 6.45) is 0.715. The largest absolute Gasteiger partial charge is 0.394 e. The van der Waals surface area contributed by atoms with Crippen LogP contribution in [0.4, 0.5) is 21.6 Å². The lowest BCUT2D eigenvalue weighted by atomic mass is 10.2. The smallest absolute Gasteiger partial charge is 0.152 e. The Kier molecular flexibility index (Phi) is 3.43. The van der Waals surface area contributed by atoms with E-state index < -0.39 is 5.82 Å². The molecule has 0 saturated heterocycles. The minimum Gasteiger partial charge on any atom is -0.394 e. The minimum atomic E-state index is -0.429. The van der Waals surface area contributed by atoms with Crippen molar-refractivity contribution in [1.82, 2.24) is 9.78 Å². The van der Waals surface area contributed by atoms with Gasteiger partial charge in [-0.1, -0.05) is 24.6 Å². The fourth-order valence-corrected chi connectivity index (χ4v) is 1.95. The molecule has 0 aliphatic heterocycles. The van der Waals surface area contributed by atoms with Crippen LogP contribution in [0.5, 0.6) is 0 Å². The van der Waals surface area contributed by atoms with Gasteiger partial charge >= 0.3 is 0 Å². The number of nitrogens with zero attached hydrogens (tertiary/aromatic N) is 2. The number of para-hydroxylation sites is 1. The van der Waals surface area contributed by atoms with Crippen LogP contribution in [0.25, 0.3) is 0 Å². The Balaban J connectivity index is 2.43. The van der Waals surface area contributed by atoms with E-state index in [1.165, 1.54) is 6.07 Å². The first kappa shape index (κ1) is 12.7. The highest BCUT2D eigenvalue weighted by atomic mass is 35.5. The van der Waals surface area contributed by atoms with Crippen LogP contribution in [-0.2, 0) is 13.5 Å². The van der Waals surface area contributed by atoms with E-state index in [9.17, 15) is 4.39 Å². The molecule has 0 radical (unpaired) electrons. The molecule has 0 saturated carbocycles. The van der Waals surface area contributed by atoms with Crippen LogP contribution < -0.4 is 11.1 Å². The molecule has 0 unspecified atom stereocenters. The molecule has 3 N–H and O–H groups in total. The van der Waals surface area contributed by atoms with Crippen molar-refractivity contribution in [2.24, 2.45) is 7.05 Å². The van der Waals surface area contributed by atoms with Gasteiger partial charge in [-0.05, 0) is 18.6 Å². The number of nitrogen functional groups attached to an aromatic ring is 1. The summed E-state index contributed by atoms with van der Waals surface area (Å²) < 4.78 is 15.3. The van der Waals surface area contributed by atoms with Gasteiger partial charge < -0.3 is 11.1 Å². The van der Waals surface area contributed by atoms with Crippen molar-refractivity contribution < 1.29 is 4.39 Å². The highest BCUT2D eigenvalue weighted by Crippen LogP contribution is 2.31. The van der Waals surface area contributed by atoms with Gasteiger partial charge in [0.25, 0.3) is 0 Å². The number of nitrogens with two attached hydrogens (primary N) is 1. The summed E-state index contributed by atoms with van der Waals surface area (Å²) >= 11 is 5.95. The standard InChI is InChI=1S/C12H14ClFN4/c1-3-9-10(15)12(18(2)17-9)16-11-7(13)5-4-6-8(11)14/h4-6,16H,3,15H2,1-2H3. The first-order valence-corrected chi connectivity index (χ1v) is 5.94. The molecule has 2 rings (SSSR count). The maximum Gasteiger partial charge on any atom is 0.152 e. The molecule has 0 atom stereocenters. The summed E-state index contributed by atoms with van der Waals surface area (Å²) in [4.78, 5) is 0. The molecular weight excluding hydrogens is 255 g/mol. The van der Waals surface area contributed by atoms with E-state index in [2.05, 4.69) is 10.4 Å². The van der Waals surface area contributed by atoms with Gasteiger partial charge in [0.15, 0.2) is 5.82 Å². The number of aromatic nitrogens is 2. The molecule has 0 bridgehead atoms. The molecule has 0 spiro atoms. The van der Waals surface area contributed by atoms with E-state index in [0.29, 0.717) is 22.9 Å². The van der Waals surface area contributed by atoms with Crippen LogP contribution in [0, 0.1) is 5.82 Å². The molecule has 4 nitrogen and oxygen atoms in total. The Morgan fingerprint density at radius 3 is 2.78 bits per heavy atom. The fourth-order valence-electron chi connectivity index (χ4n) is 1.74. The summed E-state index contributed by atoms with van der Waals surface area (Å²) in [7, 11) is 1.74. The van der Waals surface area contributed by atoms with E-state index >= 15 is 0 Å². The van der Waals surface area contributed by atoms with Crippen molar-refractivity contribution >= 4 is 28.8 Å². The number of benzene rings is 1. The average molecular weight is 269 g/mol. The monoisotopic (exact) mass is 268 g/mol. The Morgan fingerprint density at radius 2 is 2.22 bits per heavy atom. The lowest BCUT2D eigenvalue weighted by Crippen LogP contribution is -2.03. The number of anilines is 3. The molecule has 1 aromatic heterocycles. The third-order valence-electron chi connectivity index (χ3n) is 2.70. The van der Waals surface area contributed by atoms with Crippen molar-refractivity contribution in [3.05, 3.63) is 34.7 Å². The molecule has 1 aromatic carbocycles. The molecular formula is C12H14ClFN4. The summed E-state index contributed by atoms with van der Waals surface area (Å²) in [5.41, 5.74) is 7.44. The van der Waals surface area contributed by atoms with Crippen LogP contribution in [0.2, 0.25) is 5.02 Å². The van der Waals surface area contributed by atoms with Crippen molar-refractivity contribution in [2.45, 2.75) is 13.3 Å². The Hall–Kier alpha value is -1.75. The maximum absolute atomic E-state index is 13.7. The minimum absolute atomic E-state index is 0.205. The molecule has 18 heavy (non-hydrogen) atoms. The summed E-state index contributed by atoms with van der Waals surface area (Å²) in [6.45, 7) is 1.96. The van der Waals surface area contributed by atoms with Crippen LogP contribution in [0.15, 0.2) is 18.2 Å². The van der Waals surface area contributed by atoms with Gasteiger partial charge in [-0.25, -0.2) is 4.39 Å². The number of nitrogens with one attached hydrogen (secondary N) is 1. The molecule has 0 aliphatic carbocycles. The molecule has 0 aliphatic rings. The van der Waals surface area contributed by atoms with Gasteiger partial charge in [0.1, 0.15) is 5.82 Å². The average Bonchev–Trinajstić information content (AvgIpc) is 2.60. The van der Waals surface area contributed by atoms with Crippen molar-refractivity contribution in [2.75, 3.05) is 11.1 Å². The summed E-state index contributed by atoms with van der Waals surface area (Å²) in [5, 5.41) is 7.45. The van der Waals surface area contributed by atoms with Crippen LogP contribution in [-0.4, -0.2) is 9.78 Å². The van der Waals surface area contributed by atoms with Gasteiger partial charge in [0, 0.05) is 7.05 Å². The first-order chi connectivity index (χ1) is 8.54. The third-order valence-corrected chi connectivity index (χ3v) is 3.02. The zero-order valence-electron chi connectivity index (χ0n) is 10.2. The molecule has 0 amide bonds. The lowest BCUT2D eigenvalue weighted by Gasteiger charge is -2.10. The predicted molar refractivity (Wildman–Crippen MR) is 71.7 cm³/mol. The molecule has 6 heteroatoms. The van der Waals surface area contributed by atoms with E-state index in [4.69, 9.17) is 17.3 Å². The Morgan fingerprint density at radius 1 is 1.50 bits per heavy atom. The summed E-state index contributed by atoms with van der Waals surface area (Å²) in [6, 6.07) is 4.49. The van der Waals surface area contributed by atoms with Gasteiger partial charge in [-0.3, -0.25) is 4.68 Å². The van der Waals surface area contributed by atoms with Crippen LogP contribution >= 0.6 is 11.6 Å². The number of aryl methyl sites for hydroxylation is 2. The number of halogens is 2. The highest BCUT2D eigenvalue weighted by molar-refractivity contribution is 6.33. The quantitative estimate of drug-likeness (QED) is 0.899. The topological polar surface area (TPSA) is 55.9 Å². The number of hydrogen-bond acceptors (Lipinski definition) is 3. The van der Waals surface area contributed by atoms with E-state index in [0.717, 1.165) is 5.69 Å². The zero-order chi connectivity index (χ0) is 13.3. The second-order valence-electron chi connectivity index (χ2n) is 3.91. The highest BCUT2D eigenvalue weighted by Gasteiger charge is 2.15. The first-order valence-electron chi connectivity index (χ1n) is 5.57. The van der Waals surface area contributed by atoms with Gasteiger partial charge in [0.2, 0.25) is 0 Å². The van der Waals surface area contributed by atoms with E-state index in [-0.39, 0.29) is 5.69 Å². The predicted octanol–water partition coefficient (Wildman–Crippen LogP) is 3.10. The van der Waals surface area contributed by atoms with Crippen LogP contribution in [0.1, 0.15) is 12.6 Å². The maximum atomic E-state index is 13.7. The zero-order valence-corrected chi connectivity index (χ0v) is 10.9. The van der Waals surface area contributed by atoms with Gasteiger partial charge in [0.05, 0.1) is 22.1 Å². The second-order valence-corrected chi connectivity index (χ2v) is 4.31. The molecule has 96 valence electrons. The Bertz CT molecular complexity index is 559. The molecule has 1 heterocycles. The third kappa shape index (κ3) is 2.13. The SMILES string of the molecule is CCc1nn(C)c(Nc2c(F)cccc2Cl)c1N. The molecule has 0 fully saturated rings. The molecule has 2 aromatic rings. The van der Waals surface area contributed by atoms with E-state index in [1.807, 2.05) is 6.92 Å². The number of rotatable bonds is 3. The van der Waals surface area contributed by atoms with Crippen molar-refractivity contribution in [3.8, 4) is 0 Å². The van der Waals surface area contributed by atoms with E-state index in [1.54, 1.807) is 23.9 Å². The van der Waals surface area contributed by atoms with Gasteiger partial charge in [-0.2, -0.15) is 5.10 Å². The normalized spacial score (nSPS) is 10.7. The van der Waals surface area contributed by atoms with Crippen molar-refractivity contribution in [1.29, 1.82) is 0 Å². The fraction of sp³-hybridized carbons (Fsp3) is 0.250. The Labute approximate surface area is 110 Å². The number of hydrogen-bond donors (Lipinski definition) is 2.